The molecule has 1 aromatic rings. The fourth-order valence-corrected chi connectivity index (χ4v) is 1.56. The summed E-state index contributed by atoms with van der Waals surface area (Å²) in [6.07, 6.45) is -1.03. The van der Waals surface area contributed by atoms with E-state index in [2.05, 4.69) is 4.74 Å². The van der Waals surface area contributed by atoms with Gasteiger partial charge in [-0.15, -0.1) is 11.6 Å². The van der Waals surface area contributed by atoms with Crippen LogP contribution in [-0.2, 0) is 9.53 Å². The zero-order valence-electron chi connectivity index (χ0n) is 9.31. The number of aliphatic hydroxyl groups is 1. The predicted molar refractivity (Wildman–Crippen MR) is 62.4 cm³/mol. The van der Waals surface area contributed by atoms with Crippen molar-refractivity contribution in [1.82, 2.24) is 0 Å². The van der Waals surface area contributed by atoms with Crippen molar-refractivity contribution < 1.29 is 14.6 Å². The number of benzene rings is 1. The predicted octanol–water partition coefficient (Wildman–Crippen LogP) is 2.20. The first kappa shape index (κ1) is 13.0. The van der Waals surface area contributed by atoms with Gasteiger partial charge in [-0.05, 0) is 12.5 Å². The van der Waals surface area contributed by atoms with Crippen LogP contribution in [0.5, 0.6) is 0 Å². The molecule has 0 saturated heterocycles. The van der Waals surface area contributed by atoms with Crippen molar-refractivity contribution in [3.63, 3.8) is 0 Å². The minimum Gasteiger partial charge on any atom is -0.469 e. The second kappa shape index (κ2) is 5.87. The van der Waals surface area contributed by atoms with Gasteiger partial charge in [-0.1, -0.05) is 29.8 Å². The third kappa shape index (κ3) is 3.51. The van der Waals surface area contributed by atoms with Crippen LogP contribution < -0.4 is 0 Å². The Balaban J connectivity index is 2.66. The number of aliphatic hydroxyl groups excluding tert-OH is 1. The molecule has 0 saturated carbocycles. The molecule has 0 spiro atoms. The number of aryl methyl sites for hydroxylation is 1. The highest BCUT2D eigenvalue weighted by Gasteiger charge is 2.21. The molecule has 0 aliphatic rings. The van der Waals surface area contributed by atoms with Crippen molar-refractivity contribution in [3.05, 3.63) is 35.4 Å². The summed E-state index contributed by atoms with van der Waals surface area (Å²) in [6.45, 7) is 1.97. The van der Waals surface area contributed by atoms with E-state index in [1.165, 1.54) is 7.11 Å². The Hall–Kier alpha value is -1.06. The number of hydrogen-bond donors (Lipinski definition) is 1. The van der Waals surface area contributed by atoms with Gasteiger partial charge < -0.3 is 9.84 Å². The first-order valence-corrected chi connectivity index (χ1v) is 5.43. The number of esters is 1. The Labute approximate surface area is 100.0 Å². The molecule has 3 nitrogen and oxygen atoms in total. The molecular formula is C12H15ClO3. The van der Waals surface area contributed by atoms with Gasteiger partial charge in [0.05, 0.1) is 25.0 Å². The van der Waals surface area contributed by atoms with Crippen LogP contribution in [-0.4, -0.2) is 24.3 Å². The molecule has 2 atom stereocenters. The number of methoxy groups -OCH3 is 1. The maximum Gasteiger partial charge on any atom is 0.308 e. The van der Waals surface area contributed by atoms with Crippen LogP contribution >= 0.6 is 11.6 Å². The average Bonchev–Trinajstić information content (AvgIpc) is 2.28. The maximum atomic E-state index is 11.0. The fourth-order valence-electron chi connectivity index (χ4n) is 1.33. The molecule has 16 heavy (non-hydrogen) atoms. The number of alkyl halides is 1. The van der Waals surface area contributed by atoms with E-state index < -0.39 is 17.5 Å². The summed E-state index contributed by atoms with van der Waals surface area (Å²) < 4.78 is 4.47. The zero-order chi connectivity index (χ0) is 12.1. The van der Waals surface area contributed by atoms with E-state index in [1.807, 2.05) is 31.2 Å². The summed E-state index contributed by atoms with van der Waals surface area (Å²) in [5.74, 6) is -0.467. The highest BCUT2D eigenvalue weighted by Crippen LogP contribution is 2.26. The van der Waals surface area contributed by atoms with Gasteiger partial charge in [0.1, 0.15) is 0 Å². The molecule has 0 bridgehead atoms. The number of ether oxygens (including phenoxy) is 1. The molecule has 0 aliphatic heterocycles. The highest BCUT2D eigenvalue weighted by atomic mass is 35.5. The van der Waals surface area contributed by atoms with Gasteiger partial charge in [-0.3, -0.25) is 4.79 Å². The van der Waals surface area contributed by atoms with Crippen LogP contribution in [0.15, 0.2) is 24.3 Å². The van der Waals surface area contributed by atoms with Crippen LogP contribution in [0, 0.1) is 6.92 Å². The quantitative estimate of drug-likeness (QED) is 0.650. The van der Waals surface area contributed by atoms with Gasteiger partial charge in [-0.25, -0.2) is 0 Å². The Morgan fingerprint density at radius 2 is 2.00 bits per heavy atom. The Kier molecular flexibility index (Phi) is 4.77. The summed E-state index contributed by atoms with van der Waals surface area (Å²) in [4.78, 5) is 11.0. The molecule has 0 fully saturated rings. The highest BCUT2D eigenvalue weighted by molar-refractivity contribution is 6.21. The molecule has 2 unspecified atom stereocenters. The van der Waals surface area contributed by atoms with Crippen LogP contribution in [0.4, 0.5) is 0 Å². The number of carbonyl (C=O) groups is 1. The second-order valence-electron chi connectivity index (χ2n) is 3.66. The van der Waals surface area contributed by atoms with E-state index in [-0.39, 0.29) is 6.42 Å². The molecule has 88 valence electrons. The van der Waals surface area contributed by atoms with E-state index >= 15 is 0 Å². The van der Waals surface area contributed by atoms with Crippen molar-refractivity contribution in [3.8, 4) is 0 Å². The maximum absolute atomic E-state index is 11.0. The summed E-state index contributed by atoms with van der Waals surface area (Å²) >= 11 is 6.05. The van der Waals surface area contributed by atoms with Crippen molar-refractivity contribution in [1.29, 1.82) is 0 Å². The smallest absolute Gasteiger partial charge is 0.308 e. The molecule has 0 aromatic heterocycles. The van der Waals surface area contributed by atoms with Gasteiger partial charge >= 0.3 is 5.97 Å². The van der Waals surface area contributed by atoms with Crippen molar-refractivity contribution in [2.24, 2.45) is 0 Å². The van der Waals surface area contributed by atoms with Gasteiger partial charge in [0, 0.05) is 0 Å². The van der Waals surface area contributed by atoms with Gasteiger partial charge in [-0.2, -0.15) is 0 Å². The SMILES string of the molecule is COC(=O)CC(O)C(Cl)c1ccc(C)cc1. The van der Waals surface area contributed by atoms with Crippen LogP contribution in [0.2, 0.25) is 0 Å². The number of carbonyl (C=O) groups excluding carboxylic acids is 1. The molecule has 1 rings (SSSR count). The Bertz CT molecular complexity index is 348. The van der Waals surface area contributed by atoms with E-state index in [9.17, 15) is 9.90 Å². The molecule has 0 radical (unpaired) electrons. The molecule has 0 heterocycles. The molecule has 1 aromatic carbocycles. The lowest BCUT2D eigenvalue weighted by Crippen LogP contribution is -2.19. The Morgan fingerprint density at radius 3 is 2.50 bits per heavy atom. The van der Waals surface area contributed by atoms with E-state index in [4.69, 9.17) is 11.6 Å². The lowest BCUT2D eigenvalue weighted by atomic mass is 10.0. The van der Waals surface area contributed by atoms with Crippen molar-refractivity contribution in [2.45, 2.75) is 24.8 Å². The lowest BCUT2D eigenvalue weighted by molar-refractivity contribution is -0.142. The molecule has 0 aliphatic carbocycles. The second-order valence-corrected chi connectivity index (χ2v) is 4.13. The summed E-state index contributed by atoms with van der Waals surface area (Å²) in [5.41, 5.74) is 1.92. The average molecular weight is 243 g/mol. The first-order valence-electron chi connectivity index (χ1n) is 5.00. The van der Waals surface area contributed by atoms with E-state index in [0.717, 1.165) is 11.1 Å². The summed E-state index contributed by atoms with van der Waals surface area (Å²) in [5, 5.41) is 9.11. The molecule has 4 heteroatoms. The molecular weight excluding hydrogens is 228 g/mol. The molecule has 1 N–H and O–H groups in total. The standard InChI is InChI=1S/C12H15ClO3/c1-8-3-5-9(6-4-8)12(13)10(14)7-11(15)16-2/h3-6,10,12,14H,7H2,1-2H3. The van der Waals surface area contributed by atoms with E-state index in [0.29, 0.717) is 0 Å². The minimum atomic E-state index is -0.933. The van der Waals surface area contributed by atoms with Crippen molar-refractivity contribution in [2.75, 3.05) is 7.11 Å². The summed E-state index contributed by atoms with van der Waals surface area (Å²) in [7, 11) is 1.28. The van der Waals surface area contributed by atoms with Crippen LogP contribution in [0.3, 0.4) is 0 Å². The first-order chi connectivity index (χ1) is 7.54. The minimum absolute atomic E-state index is 0.0987. The van der Waals surface area contributed by atoms with Crippen LogP contribution in [0.25, 0.3) is 0 Å². The van der Waals surface area contributed by atoms with Gasteiger partial charge in [0.25, 0.3) is 0 Å². The van der Waals surface area contributed by atoms with Crippen LogP contribution in [0.1, 0.15) is 22.9 Å². The van der Waals surface area contributed by atoms with Gasteiger partial charge in [0.15, 0.2) is 0 Å². The fraction of sp³-hybridized carbons (Fsp3) is 0.417. The third-order valence-electron chi connectivity index (χ3n) is 2.34. The largest absolute Gasteiger partial charge is 0.469 e. The zero-order valence-corrected chi connectivity index (χ0v) is 10.1. The van der Waals surface area contributed by atoms with E-state index in [1.54, 1.807) is 0 Å². The lowest BCUT2D eigenvalue weighted by Gasteiger charge is -2.16. The number of halogens is 1. The molecule has 0 amide bonds. The topological polar surface area (TPSA) is 46.5 Å². The number of hydrogen-bond acceptors (Lipinski definition) is 3. The monoisotopic (exact) mass is 242 g/mol. The Morgan fingerprint density at radius 1 is 1.44 bits per heavy atom. The van der Waals surface area contributed by atoms with Crippen molar-refractivity contribution >= 4 is 17.6 Å². The summed E-state index contributed by atoms with van der Waals surface area (Å²) in [6, 6.07) is 7.51. The number of rotatable bonds is 4. The van der Waals surface area contributed by atoms with Gasteiger partial charge in [0.2, 0.25) is 0 Å². The third-order valence-corrected chi connectivity index (χ3v) is 2.88. The normalized spacial score (nSPS) is 14.2.